The minimum absolute atomic E-state index is 0.139. The van der Waals surface area contributed by atoms with Crippen molar-refractivity contribution in [1.29, 1.82) is 0 Å². The maximum atomic E-state index is 12.6. The van der Waals surface area contributed by atoms with Crippen molar-refractivity contribution >= 4 is 5.91 Å². The third kappa shape index (κ3) is 4.59. The number of carbonyl (C=O) groups excluding carboxylic acids is 1. The summed E-state index contributed by atoms with van der Waals surface area (Å²) in [7, 11) is 0. The highest BCUT2D eigenvalue weighted by atomic mass is 16.2. The van der Waals surface area contributed by atoms with Gasteiger partial charge in [0.05, 0.1) is 12.7 Å². The van der Waals surface area contributed by atoms with E-state index in [1.165, 1.54) is 9.13 Å². The molecule has 1 unspecified atom stereocenters. The Hall–Kier alpha value is -4.27. The molecule has 1 amide bonds. The topological polar surface area (TPSA) is 95.0 Å². The van der Waals surface area contributed by atoms with Crippen LogP contribution in [0, 0.1) is 5.92 Å². The van der Waals surface area contributed by atoms with Crippen LogP contribution in [0.25, 0.3) is 5.69 Å². The molecule has 3 heterocycles. The molecule has 1 fully saturated rings. The Labute approximate surface area is 195 Å². The Morgan fingerprint density at radius 2 is 1.59 bits per heavy atom. The normalized spacial score (nSPS) is 15.7. The van der Waals surface area contributed by atoms with Crippen LogP contribution in [-0.4, -0.2) is 41.5 Å². The second-order valence-electron chi connectivity index (χ2n) is 8.50. The fraction of sp³-hybridized carbons (Fsp3) is 0.240. The third-order valence-corrected chi connectivity index (χ3v) is 5.97. The number of likely N-dealkylation sites (tertiary alicyclic amines) is 1. The molecule has 0 aliphatic carbocycles. The fourth-order valence-electron chi connectivity index (χ4n) is 4.30. The van der Waals surface area contributed by atoms with Gasteiger partial charge in [0.2, 0.25) is 5.91 Å². The van der Waals surface area contributed by atoms with Crippen LogP contribution in [0.3, 0.4) is 0 Å². The SMILES string of the molecule is O=C1CC(Cn2cc(Cn3ccn(-c4ccccc4)c(=O)c3=O)nn2)CN1Cc1ccccc1. The van der Waals surface area contributed by atoms with Crippen molar-refractivity contribution in [3.63, 3.8) is 0 Å². The second-order valence-corrected chi connectivity index (χ2v) is 8.50. The van der Waals surface area contributed by atoms with Crippen molar-refractivity contribution in [1.82, 2.24) is 29.0 Å². The summed E-state index contributed by atoms with van der Waals surface area (Å²) in [5.41, 5.74) is 1.07. The number of para-hydroxylation sites is 1. The minimum Gasteiger partial charge on any atom is -0.338 e. The summed E-state index contributed by atoms with van der Waals surface area (Å²) in [6, 6.07) is 18.9. The number of amides is 1. The molecule has 2 aromatic carbocycles. The molecule has 1 aliphatic heterocycles. The van der Waals surface area contributed by atoms with E-state index >= 15 is 0 Å². The van der Waals surface area contributed by atoms with E-state index in [0.29, 0.717) is 37.4 Å². The Morgan fingerprint density at radius 1 is 0.853 bits per heavy atom. The first-order valence-corrected chi connectivity index (χ1v) is 11.1. The lowest BCUT2D eigenvalue weighted by Gasteiger charge is -2.16. The van der Waals surface area contributed by atoms with Gasteiger partial charge in [-0.05, 0) is 17.7 Å². The number of nitrogens with zero attached hydrogens (tertiary/aromatic N) is 6. The van der Waals surface area contributed by atoms with E-state index in [-0.39, 0.29) is 18.4 Å². The van der Waals surface area contributed by atoms with Gasteiger partial charge in [0, 0.05) is 50.1 Å². The highest BCUT2D eigenvalue weighted by molar-refractivity contribution is 5.78. The average molecular weight is 457 g/mol. The van der Waals surface area contributed by atoms with Crippen molar-refractivity contribution in [2.24, 2.45) is 5.92 Å². The summed E-state index contributed by atoms with van der Waals surface area (Å²) in [5, 5.41) is 8.32. The zero-order chi connectivity index (χ0) is 23.5. The molecule has 0 bridgehead atoms. The highest BCUT2D eigenvalue weighted by Gasteiger charge is 2.30. The highest BCUT2D eigenvalue weighted by Crippen LogP contribution is 2.21. The summed E-state index contributed by atoms with van der Waals surface area (Å²) in [6.07, 6.45) is 5.39. The maximum Gasteiger partial charge on any atom is 0.320 e. The lowest BCUT2D eigenvalue weighted by atomic mass is 10.1. The van der Waals surface area contributed by atoms with Crippen molar-refractivity contribution in [3.8, 4) is 5.69 Å². The van der Waals surface area contributed by atoms with Crippen LogP contribution in [0.1, 0.15) is 17.7 Å². The number of hydrogen-bond donors (Lipinski definition) is 0. The van der Waals surface area contributed by atoms with Gasteiger partial charge in [-0.1, -0.05) is 53.7 Å². The fourth-order valence-corrected chi connectivity index (χ4v) is 4.30. The molecule has 172 valence electrons. The number of carbonyl (C=O) groups is 1. The van der Waals surface area contributed by atoms with Gasteiger partial charge in [-0.15, -0.1) is 5.10 Å². The Balaban J connectivity index is 1.24. The van der Waals surface area contributed by atoms with Gasteiger partial charge in [0.15, 0.2) is 0 Å². The third-order valence-electron chi connectivity index (χ3n) is 5.97. The van der Waals surface area contributed by atoms with Crippen LogP contribution < -0.4 is 11.1 Å². The zero-order valence-corrected chi connectivity index (χ0v) is 18.5. The standard InChI is InChI=1S/C25H24N6O3/c32-23-13-20(15-29(23)14-19-7-3-1-4-8-19)16-30-18-21(26-27-30)17-28-11-12-31(25(34)24(28)33)22-9-5-2-6-10-22/h1-12,18,20H,13-17H2. The van der Waals surface area contributed by atoms with Gasteiger partial charge in [-0.3, -0.25) is 23.6 Å². The Kier molecular flexibility index (Phi) is 5.90. The molecule has 5 rings (SSSR count). The minimum atomic E-state index is -0.626. The maximum absolute atomic E-state index is 12.6. The van der Waals surface area contributed by atoms with Crippen LogP contribution in [-0.2, 0) is 24.4 Å². The van der Waals surface area contributed by atoms with Crippen molar-refractivity contribution in [2.45, 2.75) is 26.1 Å². The molecule has 0 N–H and O–H groups in total. The lowest BCUT2D eigenvalue weighted by Crippen LogP contribution is -2.40. The first-order valence-electron chi connectivity index (χ1n) is 11.1. The molecule has 2 aromatic heterocycles. The summed E-state index contributed by atoms with van der Waals surface area (Å²) < 4.78 is 4.36. The Bertz CT molecular complexity index is 1410. The van der Waals surface area contributed by atoms with Gasteiger partial charge in [0.25, 0.3) is 0 Å². The zero-order valence-electron chi connectivity index (χ0n) is 18.5. The average Bonchev–Trinajstić information content (AvgIpc) is 3.44. The van der Waals surface area contributed by atoms with Crippen LogP contribution in [0.4, 0.5) is 0 Å². The molecule has 1 aliphatic rings. The van der Waals surface area contributed by atoms with Crippen LogP contribution in [0.5, 0.6) is 0 Å². The van der Waals surface area contributed by atoms with Crippen molar-refractivity contribution in [3.05, 3.63) is 111 Å². The smallest absolute Gasteiger partial charge is 0.320 e. The first kappa shape index (κ1) is 21.6. The largest absolute Gasteiger partial charge is 0.338 e. The summed E-state index contributed by atoms with van der Waals surface area (Å²) >= 11 is 0. The predicted octanol–water partition coefficient (Wildman–Crippen LogP) is 1.69. The van der Waals surface area contributed by atoms with E-state index in [9.17, 15) is 14.4 Å². The van der Waals surface area contributed by atoms with Gasteiger partial charge in [-0.2, -0.15) is 0 Å². The predicted molar refractivity (Wildman–Crippen MR) is 125 cm³/mol. The molecular weight excluding hydrogens is 432 g/mol. The molecule has 1 atom stereocenters. The number of hydrogen-bond acceptors (Lipinski definition) is 5. The van der Waals surface area contributed by atoms with E-state index in [1.54, 1.807) is 35.4 Å². The number of rotatable bonds is 7. The summed E-state index contributed by atoms with van der Waals surface area (Å²) in [5.74, 6) is 0.281. The molecule has 9 nitrogen and oxygen atoms in total. The van der Waals surface area contributed by atoms with E-state index in [0.717, 1.165) is 5.56 Å². The first-order chi connectivity index (χ1) is 16.6. The molecule has 9 heteroatoms. The quantitative estimate of drug-likeness (QED) is 0.395. The van der Waals surface area contributed by atoms with Crippen LogP contribution >= 0.6 is 0 Å². The molecule has 1 saturated heterocycles. The van der Waals surface area contributed by atoms with Crippen LogP contribution in [0.2, 0.25) is 0 Å². The van der Waals surface area contributed by atoms with Gasteiger partial charge >= 0.3 is 11.1 Å². The second kappa shape index (κ2) is 9.30. The van der Waals surface area contributed by atoms with Crippen molar-refractivity contribution < 1.29 is 4.79 Å². The number of aromatic nitrogens is 5. The molecule has 4 aromatic rings. The van der Waals surface area contributed by atoms with Gasteiger partial charge < -0.3 is 9.47 Å². The van der Waals surface area contributed by atoms with E-state index in [2.05, 4.69) is 10.3 Å². The monoisotopic (exact) mass is 456 g/mol. The molecule has 0 spiro atoms. The van der Waals surface area contributed by atoms with E-state index < -0.39 is 11.1 Å². The lowest BCUT2D eigenvalue weighted by molar-refractivity contribution is -0.128. The number of benzene rings is 2. The molecular formula is C25H24N6O3. The molecule has 0 radical (unpaired) electrons. The van der Waals surface area contributed by atoms with Gasteiger partial charge in [0.1, 0.15) is 5.69 Å². The molecule has 34 heavy (non-hydrogen) atoms. The van der Waals surface area contributed by atoms with Crippen LogP contribution in [0.15, 0.2) is 88.8 Å². The summed E-state index contributed by atoms with van der Waals surface area (Å²) in [6.45, 7) is 1.98. The van der Waals surface area contributed by atoms with E-state index in [4.69, 9.17) is 0 Å². The van der Waals surface area contributed by atoms with Gasteiger partial charge in [-0.25, -0.2) is 0 Å². The van der Waals surface area contributed by atoms with E-state index in [1.807, 2.05) is 53.4 Å². The molecule has 0 saturated carbocycles. The Morgan fingerprint density at radius 3 is 2.35 bits per heavy atom. The van der Waals surface area contributed by atoms with Crippen molar-refractivity contribution in [2.75, 3.05) is 6.54 Å². The summed E-state index contributed by atoms with van der Waals surface area (Å²) in [4.78, 5) is 39.5.